The second kappa shape index (κ2) is 5.83. The number of aromatic nitrogens is 1. The van der Waals surface area contributed by atoms with Gasteiger partial charge in [-0.25, -0.2) is 4.98 Å². The number of ether oxygens (including phenoxy) is 1. The van der Waals surface area contributed by atoms with E-state index in [9.17, 15) is 4.79 Å². The van der Waals surface area contributed by atoms with Crippen molar-refractivity contribution in [3.63, 3.8) is 0 Å². The van der Waals surface area contributed by atoms with Gasteiger partial charge in [0.05, 0.1) is 27.8 Å². The number of nitrogens with one attached hydrogen (secondary N) is 1. The molecule has 2 aromatic rings. The first kappa shape index (κ1) is 15.2. The van der Waals surface area contributed by atoms with Crippen molar-refractivity contribution < 1.29 is 9.53 Å². The summed E-state index contributed by atoms with van der Waals surface area (Å²) < 4.78 is 6.05. The molecule has 3 rings (SSSR count). The Labute approximate surface area is 140 Å². The number of thiophene rings is 1. The number of pyridine rings is 1. The smallest absolute Gasteiger partial charge is 0.262 e. The van der Waals surface area contributed by atoms with Crippen molar-refractivity contribution in [2.45, 2.75) is 26.3 Å². The molecule has 1 atom stereocenters. The van der Waals surface area contributed by atoms with Crippen molar-refractivity contribution in [2.24, 2.45) is 0 Å². The molecule has 21 heavy (non-hydrogen) atoms. The number of fused-ring (bicyclic) bond motifs is 1. The van der Waals surface area contributed by atoms with Gasteiger partial charge in [0.15, 0.2) is 0 Å². The van der Waals surface area contributed by atoms with Gasteiger partial charge in [-0.3, -0.25) is 4.79 Å². The average molecular weight is 390 g/mol. The van der Waals surface area contributed by atoms with E-state index in [0.717, 1.165) is 32.4 Å². The second-order valence-electron chi connectivity index (χ2n) is 5.10. The van der Waals surface area contributed by atoms with Gasteiger partial charge in [0, 0.05) is 12.0 Å². The number of carbonyl (C=O) groups is 1. The van der Waals surface area contributed by atoms with Crippen LogP contribution in [0.5, 0.6) is 0 Å². The lowest BCUT2D eigenvalue weighted by molar-refractivity contribution is 0.0933. The van der Waals surface area contributed by atoms with E-state index in [-0.39, 0.29) is 11.9 Å². The minimum absolute atomic E-state index is 0.0893. The fourth-order valence-electron chi connectivity index (χ4n) is 2.43. The third kappa shape index (κ3) is 2.70. The lowest BCUT2D eigenvalue weighted by atomic mass is 10.1. The molecule has 1 N–H and O–H groups in total. The average Bonchev–Trinajstić information content (AvgIpc) is 3.04. The number of hydrogen-bond acceptors (Lipinski definition) is 4. The quantitative estimate of drug-likeness (QED) is 0.849. The number of carbonyl (C=O) groups excluding carboxylic acids is 1. The molecule has 0 spiro atoms. The van der Waals surface area contributed by atoms with Crippen molar-refractivity contribution >= 4 is 55.0 Å². The van der Waals surface area contributed by atoms with Crippen LogP contribution in [0, 0.1) is 13.8 Å². The van der Waals surface area contributed by atoms with Crippen LogP contribution in [0.1, 0.15) is 27.3 Å². The summed E-state index contributed by atoms with van der Waals surface area (Å²) in [7, 11) is 0. The molecule has 112 valence electrons. The maximum absolute atomic E-state index is 12.4. The predicted molar refractivity (Wildman–Crippen MR) is 88.5 cm³/mol. The number of hydrogen-bond donors (Lipinski definition) is 1. The maximum Gasteiger partial charge on any atom is 0.262 e. The molecule has 1 amide bonds. The van der Waals surface area contributed by atoms with E-state index >= 15 is 0 Å². The summed E-state index contributed by atoms with van der Waals surface area (Å²) in [6.07, 6.45) is 0.858. The lowest BCUT2D eigenvalue weighted by Crippen LogP contribution is -2.34. The summed E-state index contributed by atoms with van der Waals surface area (Å²) in [5.41, 5.74) is 1.73. The molecule has 4 nitrogen and oxygen atoms in total. The van der Waals surface area contributed by atoms with Crippen LogP contribution < -0.4 is 5.32 Å². The van der Waals surface area contributed by atoms with Crippen LogP contribution in [-0.2, 0) is 4.74 Å². The minimum Gasteiger partial charge on any atom is -0.379 e. The third-order valence-electron chi connectivity index (χ3n) is 3.59. The van der Waals surface area contributed by atoms with Crippen LogP contribution in [0.15, 0.2) is 4.47 Å². The topological polar surface area (TPSA) is 51.2 Å². The number of halogens is 2. The van der Waals surface area contributed by atoms with Gasteiger partial charge >= 0.3 is 0 Å². The summed E-state index contributed by atoms with van der Waals surface area (Å²) in [5, 5.41) is 4.57. The van der Waals surface area contributed by atoms with Gasteiger partial charge in [-0.1, -0.05) is 11.6 Å². The Morgan fingerprint density at radius 2 is 2.29 bits per heavy atom. The van der Waals surface area contributed by atoms with Crippen molar-refractivity contribution in [3.05, 3.63) is 25.6 Å². The molecular weight excluding hydrogens is 376 g/mol. The summed E-state index contributed by atoms with van der Waals surface area (Å²) in [4.78, 5) is 18.4. The highest BCUT2D eigenvalue weighted by atomic mass is 79.9. The molecule has 7 heteroatoms. The molecule has 0 bridgehead atoms. The van der Waals surface area contributed by atoms with E-state index in [1.165, 1.54) is 11.3 Å². The normalized spacial score (nSPS) is 18.4. The third-order valence-corrected chi connectivity index (χ3v) is 6.29. The van der Waals surface area contributed by atoms with Gasteiger partial charge < -0.3 is 10.1 Å². The van der Waals surface area contributed by atoms with Crippen molar-refractivity contribution in [1.29, 1.82) is 0 Å². The Balaban J connectivity index is 2.01. The lowest BCUT2D eigenvalue weighted by Gasteiger charge is -2.09. The molecule has 0 saturated carbocycles. The Morgan fingerprint density at radius 3 is 2.95 bits per heavy atom. The Kier molecular flexibility index (Phi) is 4.23. The SMILES string of the molecule is Cc1nc2sc(C(=O)NC3CCOC3)c(Br)c2c(C)c1Cl. The molecule has 0 aromatic carbocycles. The first-order valence-electron chi connectivity index (χ1n) is 6.62. The first-order chi connectivity index (χ1) is 9.99. The number of nitrogens with zero attached hydrogens (tertiary/aromatic N) is 1. The van der Waals surface area contributed by atoms with E-state index in [4.69, 9.17) is 16.3 Å². The molecular formula is C14H14BrClN2O2S. The molecule has 0 aliphatic carbocycles. The Morgan fingerprint density at radius 1 is 1.52 bits per heavy atom. The van der Waals surface area contributed by atoms with Gasteiger partial charge in [-0.05, 0) is 41.8 Å². The van der Waals surface area contributed by atoms with Crippen molar-refractivity contribution in [2.75, 3.05) is 13.2 Å². The summed E-state index contributed by atoms with van der Waals surface area (Å²) in [5.74, 6) is -0.0893. The number of rotatable bonds is 2. The minimum atomic E-state index is -0.0893. The molecule has 1 fully saturated rings. The second-order valence-corrected chi connectivity index (χ2v) is 7.27. The highest BCUT2D eigenvalue weighted by molar-refractivity contribution is 9.10. The van der Waals surface area contributed by atoms with Crippen molar-refractivity contribution in [1.82, 2.24) is 10.3 Å². The zero-order chi connectivity index (χ0) is 15.1. The molecule has 1 unspecified atom stereocenters. The molecule has 3 heterocycles. The fraction of sp³-hybridized carbons (Fsp3) is 0.429. The highest BCUT2D eigenvalue weighted by Gasteiger charge is 2.24. The zero-order valence-electron chi connectivity index (χ0n) is 11.6. The van der Waals surface area contributed by atoms with Gasteiger partial charge in [0.2, 0.25) is 0 Å². The standard InChI is InChI=1S/C14H14BrClN2O2S/c1-6-9-10(15)12(13(19)18-8-3-4-20-5-8)21-14(9)17-7(2)11(6)16/h8H,3-5H2,1-2H3,(H,18,19). The summed E-state index contributed by atoms with van der Waals surface area (Å²) in [6, 6.07) is 0.0917. The molecule has 0 radical (unpaired) electrons. The molecule has 1 aliphatic rings. The number of amides is 1. The van der Waals surface area contributed by atoms with Crippen LogP contribution in [0.2, 0.25) is 5.02 Å². The van der Waals surface area contributed by atoms with Crippen molar-refractivity contribution in [3.8, 4) is 0 Å². The largest absolute Gasteiger partial charge is 0.379 e. The van der Waals surface area contributed by atoms with Crippen LogP contribution in [-0.4, -0.2) is 30.1 Å². The van der Waals surface area contributed by atoms with E-state index in [0.29, 0.717) is 23.1 Å². The summed E-state index contributed by atoms with van der Waals surface area (Å²) in [6.45, 7) is 5.10. The van der Waals surface area contributed by atoms with E-state index in [1.807, 2.05) is 13.8 Å². The van der Waals surface area contributed by atoms with Crippen LogP contribution in [0.25, 0.3) is 10.2 Å². The zero-order valence-corrected chi connectivity index (χ0v) is 14.8. The highest BCUT2D eigenvalue weighted by Crippen LogP contribution is 2.39. The number of aryl methyl sites for hydroxylation is 2. The monoisotopic (exact) mass is 388 g/mol. The fourth-order valence-corrected chi connectivity index (χ4v) is 4.68. The molecule has 1 saturated heterocycles. The van der Waals surface area contributed by atoms with Gasteiger partial charge in [-0.15, -0.1) is 11.3 Å². The Hall–Kier alpha value is -0.690. The van der Waals surface area contributed by atoms with E-state index in [2.05, 4.69) is 26.2 Å². The van der Waals surface area contributed by atoms with Crippen LogP contribution >= 0.6 is 38.9 Å². The van der Waals surface area contributed by atoms with Gasteiger partial charge in [0.1, 0.15) is 9.71 Å². The van der Waals surface area contributed by atoms with Gasteiger partial charge in [-0.2, -0.15) is 0 Å². The van der Waals surface area contributed by atoms with Gasteiger partial charge in [0.25, 0.3) is 5.91 Å². The first-order valence-corrected chi connectivity index (χ1v) is 8.61. The van der Waals surface area contributed by atoms with E-state index in [1.54, 1.807) is 0 Å². The van der Waals surface area contributed by atoms with Crippen LogP contribution in [0.4, 0.5) is 0 Å². The van der Waals surface area contributed by atoms with E-state index < -0.39 is 0 Å². The van der Waals surface area contributed by atoms with Crippen LogP contribution in [0.3, 0.4) is 0 Å². The predicted octanol–water partition coefficient (Wildman–Crippen LogP) is 3.85. The summed E-state index contributed by atoms with van der Waals surface area (Å²) >= 11 is 11.2. The Bertz CT molecular complexity index is 726. The maximum atomic E-state index is 12.4. The molecule has 1 aliphatic heterocycles. The molecule has 2 aromatic heterocycles.